The third kappa shape index (κ3) is 1.78. The number of nitrogen functional groups attached to an aromatic ring is 1. The second-order valence-corrected chi connectivity index (χ2v) is 4.50. The Labute approximate surface area is 114 Å². The Balaban J connectivity index is 2.26. The summed E-state index contributed by atoms with van der Waals surface area (Å²) in [7, 11) is 0. The monoisotopic (exact) mass is 268 g/mol. The molecule has 0 atom stereocenters. The maximum atomic E-state index is 11.1. The number of aromatic carboxylic acids is 1. The largest absolute Gasteiger partial charge is 0.477 e. The Bertz CT molecular complexity index is 823. The van der Waals surface area contributed by atoms with E-state index in [1.165, 1.54) is 10.7 Å². The molecule has 0 radical (unpaired) electrons. The van der Waals surface area contributed by atoms with Crippen LogP contribution in [0.1, 0.15) is 15.9 Å². The molecule has 0 amide bonds. The van der Waals surface area contributed by atoms with Gasteiger partial charge in [-0.15, -0.1) is 0 Å². The Morgan fingerprint density at radius 2 is 2.15 bits per heavy atom. The van der Waals surface area contributed by atoms with Crippen LogP contribution in [0.15, 0.2) is 36.7 Å². The molecule has 2 aromatic heterocycles. The molecule has 0 saturated carbocycles. The molecule has 0 unspecified atom stereocenters. The summed E-state index contributed by atoms with van der Waals surface area (Å²) in [4.78, 5) is 15.2. The Kier molecular flexibility index (Phi) is 2.64. The van der Waals surface area contributed by atoms with Crippen molar-refractivity contribution in [3.05, 3.63) is 47.8 Å². The van der Waals surface area contributed by atoms with E-state index >= 15 is 0 Å². The van der Waals surface area contributed by atoms with Crippen LogP contribution >= 0.6 is 0 Å². The third-order valence-corrected chi connectivity index (χ3v) is 3.21. The number of fused-ring (bicyclic) bond motifs is 1. The Morgan fingerprint density at radius 1 is 1.35 bits per heavy atom. The smallest absolute Gasteiger partial charge is 0.341 e. The summed E-state index contributed by atoms with van der Waals surface area (Å²) in [5.74, 6) is -1.05. The van der Waals surface area contributed by atoms with Crippen LogP contribution in [-0.2, 0) is 0 Å². The van der Waals surface area contributed by atoms with Gasteiger partial charge in [-0.2, -0.15) is 5.10 Å². The van der Waals surface area contributed by atoms with Gasteiger partial charge < -0.3 is 10.8 Å². The highest BCUT2D eigenvalue weighted by Crippen LogP contribution is 2.24. The number of carbonyl (C=O) groups is 1. The lowest BCUT2D eigenvalue weighted by Gasteiger charge is -2.07. The van der Waals surface area contributed by atoms with Crippen molar-refractivity contribution in [2.24, 2.45) is 0 Å². The molecule has 0 aliphatic heterocycles. The molecule has 100 valence electrons. The normalized spacial score (nSPS) is 10.8. The minimum Gasteiger partial charge on any atom is -0.477 e. The predicted octanol–water partition coefficient (Wildman–Crippen LogP) is 1.99. The minimum absolute atomic E-state index is 0.0759. The van der Waals surface area contributed by atoms with Gasteiger partial charge in [0.05, 0.1) is 11.9 Å². The highest BCUT2D eigenvalue weighted by molar-refractivity contribution is 5.94. The molecule has 0 aliphatic rings. The summed E-state index contributed by atoms with van der Waals surface area (Å²) in [6, 6.07) is 7.45. The summed E-state index contributed by atoms with van der Waals surface area (Å²) < 4.78 is 1.51. The van der Waals surface area contributed by atoms with E-state index in [2.05, 4.69) is 10.1 Å². The number of benzene rings is 1. The molecule has 6 heteroatoms. The van der Waals surface area contributed by atoms with Crippen LogP contribution < -0.4 is 5.73 Å². The van der Waals surface area contributed by atoms with E-state index in [0.29, 0.717) is 11.3 Å². The standard InChI is InChI=1S/C14H12N4O2/c1-8-2-3-9(6-11(8)15)12-4-5-16-13-10(14(19)20)7-17-18(12)13/h2-7H,15H2,1H3,(H,19,20). The molecule has 6 nitrogen and oxygen atoms in total. The van der Waals surface area contributed by atoms with E-state index in [4.69, 9.17) is 10.8 Å². The lowest BCUT2D eigenvalue weighted by Crippen LogP contribution is -2.00. The fourth-order valence-corrected chi connectivity index (χ4v) is 2.06. The summed E-state index contributed by atoms with van der Waals surface area (Å²) in [5, 5.41) is 13.2. The van der Waals surface area contributed by atoms with Crippen molar-refractivity contribution in [1.29, 1.82) is 0 Å². The Morgan fingerprint density at radius 3 is 2.85 bits per heavy atom. The number of aryl methyl sites for hydroxylation is 1. The van der Waals surface area contributed by atoms with Gasteiger partial charge in [0.15, 0.2) is 5.65 Å². The zero-order valence-electron chi connectivity index (χ0n) is 10.7. The molecular formula is C14H12N4O2. The summed E-state index contributed by atoms with van der Waals surface area (Å²) in [6.07, 6.45) is 2.86. The van der Waals surface area contributed by atoms with E-state index in [1.54, 1.807) is 12.3 Å². The van der Waals surface area contributed by atoms with Gasteiger partial charge in [0.2, 0.25) is 0 Å². The fraction of sp³-hybridized carbons (Fsp3) is 0.0714. The number of rotatable bonds is 2. The second-order valence-electron chi connectivity index (χ2n) is 4.50. The number of nitrogens with two attached hydrogens (primary N) is 1. The van der Waals surface area contributed by atoms with Gasteiger partial charge in [-0.1, -0.05) is 12.1 Å². The van der Waals surface area contributed by atoms with Crippen molar-refractivity contribution in [2.75, 3.05) is 5.73 Å². The molecule has 20 heavy (non-hydrogen) atoms. The SMILES string of the molecule is Cc1ccc(-c2ccnc3c(C(=O)O)cnn23)cc1N. The number of aromatic nitrogens is 3. The number of anilines is 1. The lowest BCUT2D eigenvalue weighted by atomic mass is 10.1. The number of carboxylic acids is 1. The predicted molar refractivity (Wildman–Crippen MR) is 74.5 cm³/mol. The highest BCUT2D eigenvalue weighted by atomic mass is 16.4. The Hall–Kier alpha value is -2.89. The van der Waals surface area contributed by atoms with Gasteiger partial charge in [-0.25, -0.2) is 14.3 Å². The van der Waals surface area contributed by atoms with Crippen LogP contribution in [0.2, 0.25) is 0 Å². The number of carboxylic acid groups (broad SMARTS) is 1. The van der Waals surface area contributed by atoms with E-state index in [-0.39, 0.29) is 5.56 Å². The zero-order valence-corrected chi connectivity index (χ0v) is 10.7. The van der Waals surface area contributed by atoms with Crippen LogP contribution in [-0.4, -0.2) is 25.7 Å². The lowest BCUT2D eigenvalue weighted by molar-refractivity contribution is 0.0699. The van der Waals surface area contributed by atoms with Crippen LogP contribution in [0, 0.1) is 6.92 Å². The molecule has 0 fully saturated rings. The average molecular weight is 268 g/mol. The highest BCUT2D eigenvalue weighted by Gasteiger charge is 2.15. The molecule has 3 aromatic rings. The molecule has 0 aliphatic carbocycles. The first kappa shape index (κ1) is 12.2. The van der Waals surface area contributed by atoms with Gasteiger partial charge in [0, 0.05) is 17.4 Å². The maximum absolute atomic E-state index is 11.1. The first-order valence-electron chi connectivity index (χ1n) is 6.00. The first-order valence-corrected chi connectivity index (χ1v) is 6.00. The molecule has 0 bridgehead atoms. The van der Waals surface area contributed by atoms with E-state index < -0.39 is 5.97 Å². The third-order valence-electron chi connectivity index (χ3n) is 3.21. The molecule has 1 aromatic carbocycles. The van der Waals surface area contributed by atoms with Crippen LogP contribution in [0.4, 0.5) is 5.69 Å². The summed E-state index contributed by atoms with van der Waals surface area (Å²) in [5.41, 5.74) is 9.58. The number of hydrogen-bond acceptors (Lipinski definition) is 4. The van der Waals surface area contributed by atoms with Gasteiger partial charge in [0.25, 0.3) is 0 Å². The molecule has 3 rings (SSSR count). The molecular weight excluding hydrogens is 256 g/mol. The molecule has 0 spiro atoms. The van der Waals surface area contributed by atoms with Crippen molar-refractivity contribution in [1.82, 2.24) is 14.6 Å². The van der Waals surface area contributed by atoms with Gasteiger partial charge >= 0.3 is 5.97 Å². The van der Waals surface area contributed by atoms with Crippen LogP contribution in [0.25, 0.3) is 16.9 Å². The van der Waals surface area contributed by atoms with Crippen molar-refractivity contribution in [3.8, 4) is 11.3 Å². The topological polar surface area (TPSA) is 93.5 Å². The molecule has 2 heterocycles. The summed E-state index contributed by atoms with van der Waals surface area (Å²) >= 11 is 0. The first-order chi connectivity index (χ1) is 9.58. The molecule has 3 N–H and O–H groups in total. The maximum Gasteiger partial charge on any atom is 0.341 e. The van der Waals surface area contributed by atoms with Gasteiger partial charge in [-0.05, 0) is 24.6 Å². The second kappa shape index (κ2) is 4.34. The fourth-order valence-electron chi connectivity index (χ4n) is 2.06. The quantitative estimate of drug-likeness (QED) is 0.693. The minimum atomic E-state index is -1.05. The molecule has 0 saturated heterocycles. The van der Waals surface area contributed by atoms with Gasteiger partial charge in [0.1, 0.15) is 5.56 Å². The van der Waals surface area contributed by atoms with E-state index in [9.17, 15) is 4.79 Å². The summed E-state index contributed by atoms with van der Waals surface area (Å²) in [6.45, 7) is 1.93. The van der Waals surface area contributed by atoms with Crippen molar-refractivity contribution >= 4 is 17.3 Å². The number of nitrogens with zero attached hydrogens (tertiary/aromatic N) is 3. The van der Waals surface area contributed by atoms with Crippen molar-refractivity contribution in [3.63, 3.8) is 0 Å². The number of hydrogen-bond donors (Lipinski definition) is 2. The van der Waals surface area contributed by atoms with Crippen LogP contribution in [0.3, 0.4) is 0 Å². The average Bonchev–Trinajstić information content (AvgIpc) is 2.86. The van der Waals surface area contributed by atoms with E-state index in [0.717, 1.165) is 16.8 Å². The van der Waals surface area contributed by atoms with E-state index in [1.807, 2.05) is 25.1 Å². The zero-order chi connectivity index (χ0) is 14.3. The van der Waals surface area contributed by atoms with Gasteiger partial charge in [-0.3, -0.25) is 0 Å². The van der Waals surface area contributed by atoms with Crippen molar-refractivity contribution < 1.29 is 9.90 Å². The van der Waals surface area contributed by atoms with Crippen LogP contribution in [0.5, 0.6) is 0 Å². The van der Waals surface area contributed by atoms with Crippen molar-refractivity contribution in [2.45, 2.75) is 6.92 Å².